The molecule has 1 aliphatic heterocycles. The molecule has 1 amide bonds. The molecule has 2 aromatic heterocycles. The Bertz CT molecular complexity index is 749. The quantitative estimate of drug-likeness (QED) is 0.855. The summed E-state index contributed by atoms with van der Waals surface area (Å²) in [4.78, 5) is 31.9. The number of rotatable bonds is 6. The van der Waals surface area contributed by atoms with Gasteiger partial charge in [-0.1, -0.05) is 6.07 Å². The fourth-order valence-electron chi connectivity index (χ4n) is 2.92. The van der Waals surface area contributed by atoms with Crippen molar-refractivity contribution >= 4 is 17.2 Å². The Morgan fingerprint density at radius 1 is 1.50 bits per heavy atom. The third kappa shape index (κ3) is 4.10. The first-order chi connectivity index (χ1) is 11.6. The highest BCUT2D eigenvalue weighted by Gasteiger charge is 2.23. The van der Waals surface area contributed by atoms with Crippen LogP contribution in [0.5, 0.6) is 0 Å². The van der Waals surface area contributed by atoms with E-state index in [1.165, 1.54) is 10.6 Å². The second-order valence-corrected chi connectivity index (χ2v) is 7.10. The van der Waals surface area contributed by atoms with Crippen LogP contribution in [0.25, 0.3) is 0 Å². The third-order valence-corrected chi connectivity index (χ3v) is 5.30. The van der Waals surface area contributed by atoms with E-state index in [1.807, 2.05) is 17.3 Å². The molecule has 0 bridgehead atoms. The van der Waals surface area contributed by atoms with Gasteiger partial charge in [-0.25, -0.2) is 4.98 Å². The molecular weight excluding hydrogens is 324 g/mol. The molecule has 2 aromatic rings. The van der Waals surface area contributed by atoms with Gasteiger partial charge in [0.15, 0.2) is 0 Å². The molecule has 3 rings (SSSR count). The minimum absolute atomic E-state index is 0.0250. The monoisotopic (exact) mass is 346 g/mol. The lowest BCUT2D eigenvalue weighted by Crippen LogP contribution is -2.39. The van der Waals surface area contributed by atoms with Crippen LogP contribution in [-0.2, 0) is 17.9 Å². The maximum Gasteiger partial charge on any atom is 0.250 e. The van der Waals surface area contributed by atoms with Crippen molar-refractivity contribution in [2.75, 3.05) is 19.6 Å². The number of nitrogens with zero attached hydrogens (tertiary/aromatic N) is 3. The predicted molar refractivity (Wildman–Crippen MR) is 93.9 cm³/mol. The van der Waals surface area contributed by atoms with Crippen molar-refractivity contribution in [3.63, 3.8) is 0 Å². The van der Waals surface area contributed by atoms with E-state index < -0.39 is 0 Å². The summed E-state index contributed by atoms with van der Waals surface area (Å²) in [6.45, 7) is 5.27. The fraction of sp³-hybridized carbons (Fsp3) is 0.471. The van der Waals surface area contributed by atoms with Gasteiger partial charge in [0.1, 0.15) is 6.54 Å². The lowest BCUT2D eigenvalue weighted by molar-refractivity contribution is -0.133. The van der Waals surface area contributed by atoms with E-state index in [-0.39, 0.29) is 18.0 Å². The molecule has 0 saturated carbocycles. The lowest BCUT2D eigenvalue weighted by atomic mass is 10.1. The largest absolute Gasteiger partial charge is 0.336 e. The average molecular weight is 346 g/mol. The van der Waals surface area contributed by atoms with Crippen LogP contribution in [0.2, 0.25) is 0 Å². The molecule has 128 valence electrons. The predicted octanol–water partition coefficient (Wildman–Crippen LogP) is 1.25. The summed E-state index contributed by atoms with van der Waals surface area (Å²) in [5, 5.41) is 3.34. The summed E-state index contributed by atoms with van der Waals surface area (Å²) in [5.41, 5.74) is 2.63. The van der Waals surface area contributed by atoms with Crippen LogP contribution in [0.3, 0.4) is 0 Å². The van der Waals surface area contributed by atoms with Crippen LogP contribution in [0, 0.1) is 12.8 Å². The first-order valence-electron chi connectivity index (χ1n) is 8.16. The van der Waals surface area contributed by atoms with Gasteiger partial charge in [-0.05, 0) is 38.4 Å². The summed E-state index contributed by atoms with van der Waals surface area (Å²) >= 11 is 1.57. The molecule has 1 N–H and O–H groups in total. The zero-order chi connectivity index (χ0) is 16.9. The van der Waals surface area contributed by atoms with Gasteiger partial charge < -0.3 is 14.8 Å². The summed E-state index contributed by atoms with van der Waals surface area (Å²) < 4.78 is 1.46. The maximum atomic E-state index is 12.8. The van der Waals surface area contributed by atoms with Gasteiger partial charge in [0, 0.05) is 23.7 Å². The Morgan fingerprint density at radius 2 is 2.38 bits per heavy atom. The number of amides is 1. The van der Waals surface area contributed by atoms with Crippen LogP contribution < -0.4 is 10.9 Å². The first-order valence-corrected chi connectivity index (χ1v) is 9.04. The van der Waals surface area contributed by atoms with Crippen LogP contribution >= 0.6 is 11.3 Å². The lowest BCUT2D eigenvalue weighted by Gasteiger charge is -2.25. The second kappa shape index (κ2) is 7.72. The van der Waals surface area contributed by atoms with E-state index >= 15 is 0 Å². The molecule has 1 fully saturated rings. The molecule has 7 heteroatoms. The van der Waals surface area contributed by atoms with Gasteiger partial charge in [-0.15, -0.1) is 11.3 Å². The van der Waals surface area contributed by atoms with Crippen molar-refractivity contribution < 1.29 is 4.79 Å². The molecule has 1 atom stereocenters. The third-order valence-electron chi connectivity index (χ3n) is 4.38. The summed E-state index contributed by atoms with van der Waals surface area (Å²) in [7, 11) is 0. The number of aryl methyl sites for hydroxylation is 1. The number of carbonyl (C=O) groups excluding carboxylic acids is 1. The van der Waals surface area contributed by atoms with Gasteiger partial charge in [-0.3, -0.25) is 9.59 Å². The standard InChI is InChI=1S/C17H22N4O2S/c1-13-15(24-12-19-13)10-21(9-14-5-6-18-8-14)17(23)11-20-7-3-2-4-16(20)22/h2-4,7,12,14,18H,5-6,8-11H2,1H3/t14-/m1/s1. The number of carbonyl (C=O) groups is 1. The molecule has 6 nitrogen and oxygen atoms in total. The Morgan fingerprint density at radius 3 is 3.04 bits per heavy atom. The van der Waals surface area contributed by atoms with E-state index in [0.717, 1.165) is 30.1 Å². The van der Waals surface area contributed by atoms with Crippen LogP contribution in [-0.4, -0.2) is 40.0 Å². The van der Waals surface area contributed by atoms with Crippen molar-refractivity contribution in [1.29, 1.82) is 0 Å². The smallest absolute Gasteiger partial charge is 0.250 e. The van der Waals surface area contributed by atoms with Gasteiger partial charge in [-0.2, -0.15) is 0 Å². The highest BCUT2D eigenvalue weighted by atomic mass is 32.1. The van der Waals surface area contributed by atoms with Crippen molar-refractivity contribution in [2.45, 2.75) is 26.4 Å². The normalized spacial score (nSPS) is 17.1. The highest BCUT2D eigenvalue weighted by Crippen LogP contribution is 2.18. The molecule has 24 heavy (non-hydrogen) atoms. The van der Waals surface area contributed by atoms with Gasteiger partial charge in [0.2, 0.25) is 5.91 Å². The Labute approximate surface area is 145 Å². The van der Waals surface area contributed by atoms with Crippen molar-refractivity contribution in [3.05, 3.63) is 50.8 Å². The number of pyridine rings is 1. The second-order valence-electron chi connectivity index (χ2n) is 6.16. The van der Waals surface area contributed by atoms with E-state index in [2.05, 4.69) is 10.3 Å². The molecule has 0 aromatic carbocycles. The SMILES string of the molecule is Cc1ncsc1CN(C[C@@H]1CCNC1)C(=O)Cn1ccccc1=O. The van der Waals surface area contributed by atoms with Gasteiger partial charge in [0.25, 0.3) is 5.56 Å². The molecule has 0 spiro atoms. The molecule has 1 saturated heterocycles. The van der Waals surface area contributed by atoms with Gasteiger partial charge in [0.05, 0.1) is 17.7 Å². The number of thiazole rings is 1. The molecule has 0 unspecified atom stereocenters. The summed E-state index contributed by atoms with van der Waals surface area (Å²) in [6, 6.07) is 4.94. The first kappa shape index (κ1) is 16.9. The molecular formula is C17H22N4O2S. The Kier molecular flexibility index (Phi) is 5.42. The minimum Gasteiger partial charge on any atom is -0.336 e. The van der Waals surface area contributed by atoms with Crippen LogP contribution in [0.4, 0.5) is 0 Å². The molecule has 0 radical (unpaired) electrons. The molecule has 1 aliphatic rings. The average Bonchev–Trinajstić information content (AvgIpc) is 3.21. The van der Waals surface area contributed by atoms with E-state index in [1.54, 1.807) is 29.7 Å². The van der Waals surface area contributed by atoms with Crippen LogP contribution in [0.1, 0.15) is 17.0 Å². The highest BCUT2D eigenvalue weighted by molar-refractivity contribution is 7.09. The van der Waals surface area contributed by atoms with Crippen molar-refractivity contribution in [1.82, 2.24) is 19.8 Å². The number of nitrogens with one attached hydrogen (secondary N) is 1. The van der Waals surface area contributed by atoms with Crippen molar-refractivity contribution in [2.24, 2.45) is 5.92 Å². The maximum absolute atomic E-state index is 12.8. The topological polar surface area (TPSA) is 67.2 Å². The number of hydrogen-bond acceptors (Lipinski definition) is 5. The summed E-state index contributed by atoms with van der Waals surface area (Å²) in [5.74, 6) is 0.442. The number of hydrogen-bond donors (Lipinski definition) is 1. The van der Waals surface area contributed by atoms with Crippen LogP contribution in [0.15, 0.2) is 34.7 Å². The van der Waals surface area contributed by atoms with Crippen molar-refractivity contribution in [3.8, 4) is 0 Å². The van der Waals surface area contributed by atoms with E-state index in [0.29, 0.717) is 19.0 Å². The van der Waals surface area contributed by atoms with E-state index in [9.17, 15) is 9.59 Å². The zero-order valence-corrected chi connectivity index (χ0v) is 14.6. The molecule has 0 aliphatic carbocycles. The molecule has 3 heterocycles. The van der Waals surface area contributed by atoms with Gasteiger partial charge >= 0.3 is 0 Å². The fourth-order valence-corrected chi connectivity index (χ4v) is 3.72. The minimum atomic E-state index is -0.151. The summed E-state index contributed by atoms with van der Waals surface area (Å²) in [6.07, 6.45) is 2.74. The number of aromatic nitrogens is 2. The van der Waals surface area contributed by atoms with E-state index in [4.69, 9.17) is 0 Å². The Balaban J connectivity index is 1.74. The zero-order valence-electron chi connectivity index (χ0n) is 13.8. The Hall–Kier alpha value is -1.99.